The van der Waals surface area contributed by atoms with Crippen LogP contribution in [-0.4, -0.2) is 58.0 Å². The molecule has 3 aliphatic rings. The lowest BCUT2D eigenvalue weighted by Crippen LogP contribution is -2.49. The highest BCUT2D eigenvalue weighted by Gasteiger charge is 2.37. The van der Waals surface area contributed by atoms with Crippen molar-refractivity contribution in [3.05, 3.63) is 21.9 Å². The van der Waals surface area contributed by atoms with Gasteiger partial charge in [0.2, 0.25) is 0 Å². The largest absolute Gasteiger partial charge is 0.381 e. The number of hydrogen-bond acceptors (Lipinski definition) is 4. The zero-order valence-corrected chi connectivity index (χ0v) is 20.5. The predicted molar refractivity (Wildman–Crippen MR) is 127 cm³/mol. The number of hydrogen-bond donors (Lipinski definition) is 1. The van der Waals surface area contributed by atoms with Crippen LogP contribution in [0, 0.1) is 5.92 Å². The van der Waals surface area contributed by atoms with E-state index >= 15 is 0 Å². The van der Waals surface area contributed by atoms with E-state index in [-0.39, 0.29) is 11.8 Å². The van der Waals surface area contributed by atoms with Crippen molar-refractivity contribution in [3.63, 3.8) is 0 Å². The molecule has 0 spiro atoms. The van der Waals surface area contributed by atoms with Crippen molar-refractivity contribution in [2.45, 2.75) is 96.6 Å². The summed E-state index contributed by atoms with van der Waals surface area (Å²) in [5.74, 6) is 1.14. The molecule has 2 saturated heterocycles. The van der Waals surface area contributed by atoms with Crippen LogP contribution < -0.4 is 0 Å². The van der Waals surface area contributed by atoms with Crippen LogP contribution >= 0.6 is 11.3 Å². The Balaban J connectivity index is 0.00000132. The molecule has 4 rings (SSSR count). The molecule has 0 radical (unpaired) electrons. The van der Waals surface area contributed by atoms with E-state index in [0.29, 0.717) is 31.0 Å². The zero-order valence-electron chi connectivity index (χ0n) is 19.7. The van der Waals surface area contributed by atoms with Gasteiger partial charge in [-0.05, 0) is 70.3 Å². The van der Waals surface area contributed by atoms with Gasteiger partial charge in [-0.3, -0.25) is 9.59 Å². The second kappa shape index (κ2) is 10.5. The van der Waals surface area contributed by atoms with Crippen molar-refractivity contribution in [1.82, 2.24) is 9.80 Å². The van der Waals surface area contributed by atoms with E-state index in [2.05, 4.69) is 11.0 Å². The maximum Gasteiger partial charge on any atom is 0.254 e. The van der Waals surface area contributed by atoms with Crippen LogP contribution in [0.1, 0.15) is 100 Å². The van der Waals surface area contributed by atoms with Crippen molar-refractivity contribution in [2.24, 2.45) is 5.92 Å². The van der Waals surface area contributed by atoms with Crippen molar-refractivity contribution < 1.29 is 14.7 Å². The molecule has 6 heteroatoms. The van der Waals surface area contributed by atoms with Gasteiger partial charge in [0, 0.05) is 35.9 Å². The number of amides is 2. The van der Waals surface area contributed by atoms with E-state index in [1.165, 1.54) is 37.0 Å². The number of carbonyl (C=O) groups is 2. The monoisotopic (exact) mass is 448 g/mol. The van der Waals surface area contributed by atoms with Gasteiger partial charge in [0.1, 0.15) is 5.60 Å². The molecule has 2 atom stereocenters. The molecule has 0 aromatic carbocycles. The molecule has 2 amide bonds. The molecule has 1 saturated carbocycles. The molecule has 2 aliphatic heterocycles. The second-order valence-electron chi connectivity index (χ2n) is 9.62. The Kier molecular flexibility index (Phi) is 8.19. The van der Waals surface area contributed by atoms with Gasteiger partial charge in [-0.2, -0.15) is 0 Å². The zero-order chi connectivity index (χ0) is 22.6. The third-order valence-corrected chi connectivity index (χ3v) is 8.17. The molecule has 1 aliphatic carbocycles. The number of likely N-dealkylation sites (tertiary alicyclic amines) is 2. The number of fused-ring (bicyclic) bond motifs is 1. The number of rotatable bonds is 3. The molecule has 1 aromatic rings. The van der Waals surface area contributed by atoms with Gasteiger partial charge in [0.15, 0.2) is 0 Å². The summed E-state index contributed by atoms with van der Waals surface area (Å²) in [5, 5.41) is 12.0. The van der Waals surface area contributed by atoms with Crippen LogP contribution in [0.5, 0.6) is 0 Å². The molecule has 31 heavy (non-hydrogen) atoms. The quantitative estimate of drug-likeness (QED) is 0.704. The summed E-state index contributed by atoms with van der Waals surface area (Å²) >= 11 is 1.69. The van der Waals surface area contributed by atoms with Gasteiger partial charge >= 0.3 is 0 Å². The van der Waals surface area contributed by atoms with Gasteiger partial charge in [-0.1, -0.05) is 26.7 Å². The van der Waals surface area contributed by atoms with Crippen LogP contribution in [0.3, 0.4) is 0 Å². The molecule has 3 fully saturated rings. The van der Waals surface area contributed by atoms with Gasteiger partial charge < -0.3 is 14.9 Å². The molecule has 0 bridgehead atoms. The Bertz CT molecular complexity index is 744. The topological polar surface area (TPSA) is 60.9 Å². The summed E-state index contributed by atoms with van der Waals surface area (Å²) in [7, 11) is 0. The molecule has 2 unspecified atom stereocenters. The first kappa shape index (κ1) is 24.2. The fourth-order valence-corrected chi connectivity index (χ4v) is 6.53. The van der Waals surface area contributed by atoms with Crippen LogP contribution in [0.2, 0.25) is 0 Å². The minimum Gasteiger partial charge on any atom is -0.381 e. The molecule has 1 N–H and O–H groups in total. The van der Waals surface area contributed by atoms with E-state index in [4.69, 9.17) is 0 Å². The standard InChI is InChI=1S/C23H34N2O3S.C2H6/c1-23(2,28)22(27)24-12-9-17(10-13-24)20-14-18(15-29-20)21(26)25-11-5-7-16-6-3-4-8-19(16)25;1-2/h14-17,19,28H,3-13H2,1-2H3;1-2H3. The third kappa shape index (κ3) is 5.51. The van der Waals surface area contributed by atoms with E-state index in [9.17, 15) is 14.7 Å². The Morgan fingerprint density at radius 2 is 1.65 bits per heavy atom. The first-order valence-corrected chi connectivity index (χ1v) is 13.1. The predicted octanol–water partition coefficient (Wildman–Crippen LogP) is 5.05. The first-order valence-electron chi connectivity index (χ1n) is 12.3. The maximum absolute atomic E-state index is 13.3. The lowest BCUT2D eigenvalue weighted by Gasteiger charge is -2.44. The highest BCUT2D eigenvalue weighted by Crippen LogP contribution is 2.37. The normalized spacial score (nSPS) is 24.8. The number of nitrogens with zero attached hydrogens (tertiary/aromatic N) is 2. The molecular formula is C25H40N2O3S. The molecule has 3 heterocycles. The number of thiophene rings is 1. The van der Waals surface area contributed by atoms with Crippen LogP contribution in [0.25, 0.3) is 0 Å². The highest BCUT2D eigenvalue weighted by molar-refractivity contribution is 7.10. The fraction of sp³-hybridized carbons (Fsp3) is 0.760. The molecule has 174 valence electrons. The summed E-state index contributed by atoms with van der Waals surface area (Å²) in [5.41, 5.74) is -0.452. The van der Waals surface area contributed by atoms with Crippen molar-refractivity contribution in [2.75, 3.05) is 19.6 Å². The SMILES string of the molecule is CC.CC(C)(O)C(=O)N1CCC(c2cc(C(=O)N3CCCC4CCCCC43)cs2)CC1. The first-order chi connectivity index (χ1) is 14.8. The Morgan fingerprint density at radius 3 is 2.32 bits per heavy atom. The summed E-state index contributed by atoms with van der Waals surface area (Å²) in [6.07, 6.45) is 9.23. The fourth-order valence-electron chi connectivity index (χ4n) is 5.48. The molecule has 5 nitrogen and oxygen atoms in total. The van der Waals surface area contributed by atoms with Crippen molar-refractivity contribution in [1.29, 1.82) is 0 Å². The number of piperidine rings is 2. The lowest BCUT2D eigenvalue weighted by molar-refractivity contribution is -0.148. The minimum absolute atomic E-state index is 0.190. The van der Waals surface area contributed by atoms with Gasteiger partial charge in [-0.25, -0.2) is 0 Å². The van der Waals surface area contributed by atoms with Gasteiger partial charge in [0.05, 0.1) is 5.56 Å². The van der Waals surface area contributed by atoms with Crippen molar-refractivity contribution >= 4 is 23.2 Å². The van der Waals surface area contributed by atoms with Crippen molar-refractivity contribution in [3.8, 4) is 0 Å². The summed E-state index contributed by atoms with van der Waals surface area (Å²) in [4.78, 5) is 30.7. The van der Waals surface area contributed by atoms with E-state index in [0.717, 1.165) is 31.4 Å². The van der Waals surface area contributed by atoms with E-state index in [1.54, 1.807) is 30.1 Å². The number of aliphatic hydroxyl groups is 1. The van der Waals surface area contributed by atoms with Crippen LogP contribution in [0.4, 0.5) is 0 Å². The van der Waals surface area contributed by atoms with E-state index < -0.39 is 5.60 Å². The maximum atomic E-state index is 13.3. The van der Waals surface area contributed by atoms with Gasteiger partial charge in [-0.15, -0.1) is 11.3 Å². The van der Waals surface area contributed by atoms with Gasteiger partial charge in [0.25, 0.3) is 11.8 Å². The number of carbonyl (C=O) groups excluding carboxylic acids is 2. The summed E-state index contributed by atoms with van der Waals surface area (Å²) in [6.45, 7) is 9.35. The minimum atomic E-state index is -1.30. The average Bonchev–Trinajstić information content (AvgIpc) is 3.29. The Labute approximate surface area is 191 Å². The van der Waals surface area contributed by atoms with Crippen LogP contribution in [-0.2, 0) is 4.79 Å². The smallest absolute Gasteiger partial charge is 0.254 e. The van der Waals surface area contributed by atoms with E-state index in [1.807, 2.05) is 19.2 Å². The second-order valence-corrected chi connectivity index (χ2v) is 10.6. The Hall–Kier alpha value is -1.40. The highest BCUT2D eigenvalue weighted by atomic mass is 32.1. The Morgan fingerprint density at radius 1 is 1.00 bits per heavy atom. The third-order valence-electron chi connectivity index (χ3n) is 7.08. The summed E-state index contributed by atoms with van der Waals surface area (Å²) < 4.78 is 0. The van der Waals surface area contributed by atoms with Crippen LogP contribution in [0.15, 0.2) is 11.4 Å². The molecular weight excluding hydrogens is 408 g/mol. The average molecular weight is 449 g/mol. The molecule has 1 aromatic heterocycles. The lowest BCUT2D eigenvalue weighted by atomic mass is 9.78. The summed E-state index contributed by atoms with van der Waals surface area (Å²) in [6, 6.07) is 2.56.